The maximum absolute atomic E-state index is 12.0. The Morgan fingerprint density at radius 2 is 2.14 bits per heavy atom. The maximum atomic E-state index is 12.0. The zero-order valence-electron chi connectivity index (χ0n) is 17.6. The van der Waals surface area contributed by atoms with Gasteiger partial charge in [-0.1, -0.05) is 6.92 Å². The van der Waals surface area contributed by atoms with Crippen LogP contribution in [0.1, 0.15) is 59.9 Å². The number of aryl methyl sites for hydroxylation is 2. The van der Waals surface area contributed by atoms with Crippen LogP contribution >= 0.6 is 35.3 Å². The van der Waals surface area contributed by atoms with Gasteiger partial charge >= 0.3 is 5.97 Å². The second-order valence-electron chi connectivity index (χ2n) is 6.11. The van der Waals surface area contributed by atoms with E-state index in [-0.39, 0.29) is 36.0 Å². The number of esters is 1. The highest BCUT2D eigenvalue weighted by molar-refractivity contribution is 14.0. The molecule has 9 nitrogen and oxygen atoms in total. The third-order valence-corrected chi connectivity index (χ3v) is 5.28. The Balaban J connectivity index is 0.00000420. The summed E-state index contributed by atoms with van der Waals surface area (Å²) in [5.74, 6) is 1.33. The fourth-order valence-corrected chi connectivity index (χ4v) is 3.55. The third-order valence-electron chi connectivity index (χ3n) is 3.96. The molecule has 0 bridgehead atoms. The van der Waals surface area contributed by atoms with E-state index in [1.54, 1.807) is 13.3 Å². The van der Waals surface area contributed by atoms with Crippen LogP contribution in [0.25, 0.3) is 0 Å². The highest BCUT2D eigenvalue weighted by atomic mass is 127. The minimum absolute atomic E-state index is 0. The number of nitrogens with one attached hydrogen (secondary N) is 2. The van der Waals surface area contributed by atoms with E-state index >= 15 is 0 Å². The van der Waals surface area contributed by atoms with Crippen molar-refractivity contribution in [2.45, 2.75) is 53.6 Å². The molecule has 0 aliphatic carbocycles. The Kier molecular flexibility index (Phi) is 11.1. The summed E-state index contributed by atoms with van der Waals surface area (Å²) in [4.78, 5) is 21.7. The van der Waals surface area contributed by atoms with Gasteiger partial charge in [-0.15, -0.1) is 45.5 Å². The molecule has 2 N–H and O–H groups in total. The summed E-state index contributed by atoms with van der Waals surface area (Å²) >= 11 is 1.35. The summed E-state index contributed by atoms with van der Waals surface area (Å²) in [5, 5.41) is 15.4. The van der Waals surface area contributed by atoms with Crippen molar-refractivity contribution < 1.29 is 9.53 Å². The smallest absolute Gasteiger partial charge is 0.350 e. The van der Waals surface area contributed by atoms with Crippen molar-refractivity contribution in [3.8, 4) is 0 Å². The number of carbonyl (C=O) groups is 1. The average Bonchev–Trinajstić information content (AvgIpc) is 3.28. The van der Waals surface area contributed by atoms with Crippen LogP contribution in [-0.2, 0) is 17.7 Å². The number of hydrogen-bond acceptors (Lipinski definition) is 7. The number of rotatable bonds is 9. The molecule has 2 aromatic heterocycles. The van der Waals surface area contributed by atoms with Gasteiger partial charge in [0.05, 0.1) is 24.9 Å². The molecule has 1 atom stereocenters. The summed E-state index contributed by atoms with van der Waals surface area (Å²) in [5.41, 5.74) is 0.689. The number of aliphatic imine (C=N–C) groups is 1. The summed E-state index contributed by atoms with van der Waals surface area (Å²) in [7, 11) is 0. The Morgan fingerprint density at radius 1 is 1.38 bits per heavy atom. The molecule has 0 saturated carbocycles. The molecule has 29 heavy (non-hydrogen) atoms. The molecular weight excluding hydrogens is 505 g/mol. The zero-order chi connectivity index (χ0) is 20.5. The SMILES string of the molecule is CCNC(=NCCn1cnnc1CC)NC(C)c1nc(C)c(C(=O)OCC)s1.I. The van der Waals surface area contributed by atoms with E-state index in [1.807, 2.05) is 25.3 Å². The monoisotopic (exact) mass is 535 g/mol. The van der Waals surface area contributed by atoms with Gasteiger partial charge in [0.15, 0.2) is 5.96 Å². The van der Waals surface area contributed by atoms with Crippen LogP contribution in [0.4, 0.5) is 0 Å². The fraction of sp³-hybridized carbons (Fsp3) is 0.611. The Bertz CT molecular complexity index is 806. The van der Waals surface area contributed by atoms with Crippen molar-refractivity contribution in [3.05, 3.63) is 27.7 Å². The molecule has 11 heteroatoms. The van der Waals surface area contributed by atoms with Gasteiger partial charge in [-0.2, -0.15) is 0 Å². The van der Waals surface area contributed by atoms with E-state index in [2.05, 4.69) is 37.7 Å². The first kappa shape index (κ1) is 25.3. The molecule has 0 spiro atoms. The van der Waals surface area contributed by atoms with E-state index in [0.29, 0.717) is 36.2 Å². The first-order valence-corrected chi connectivity index (χ1v) is 10.4. The van der Waals surface area contributed by atoms with Crippen molar-refractivity contribution in [2.24, 2.45) is 4.99 Å². The summed E-state index contributed by atoms with van der Waals surface area (Å²) in [6.45, 7) is 12.1. The number of thiazole rings is 1. The molecule has 162 valence electrons. The number of aromatic nitrogens is 4. The van der Waals surface area contributed by atoms with E-state index in [1.165, 1.54) is 11.3 Å². The second kappa shape index (κ2) is 12.7. The first-order valence-electron chi connectivity index (χ1n) is 9.56. The van der Waals surface area contributed by atoms with E-state index in [9.17, 15) is 4.79 Å². The molecule has 1 unspecified atom stereocenters. The highest BCUT2D eigenvalue weighted by Gasteiger charge is 2.20. The number of guanidine groups is 1. The molecular formula is C18H30IN7O2S. The van der Waals surface area contributed by atoms with Crippen LogP contribution in [0, 0.1) is 6.92 Å². The lowest BCUT2D eigenvalue weighted by atomic mass is 10.3. The molecule has 2 rings (SSSR count). The lowest BCUT2D eigenvalue weighted by molar-refractivity contribution is 0.0531. The predicted octanol–water partition coefficient (Wildman–Crippen LogP) is 2.72. The lowest BCUT2D eigenvalue weighted by Crippen LogP contribution is -2.39. The van der Waals surface area contributed by atoms with E-state index in [4.69, 9.17) is 4.74 Å². The number of carbonyl (C=O) groups excluding carboxylic acids is 1. The van der Waals surface area contributed by atoms with Crippen molar-refractivity contribution in [1.82, 2.24) is 30.4 Å². The summed E-state index contributed by atoms with van der Waals surface area (Å²) < 4.78 is 7.10. The maximum Gasteiger partial charge on any atom is 0.350 e. The molecule has 0 amide bonds. The molecule has 0 aliphatic heterocycles. The Labute approximate surface area is 192 Å². The summed E-state index contributed by atoms with van der Waals surface area (Å²) in [6.07, 6.45) is 2.57. The van der Waals surface area contributed by atoms with E-state index < -0.39 is 0 Å². The van der Waals surface area contributed by atoms with Gasteiger partial charge in [-0.25, -0.2) is 9.78 Å². The van der Waals surface area contributed by atoms with Gasteiger partial charge in [0, 0.05) is 19.5 Å². The standard InChI is InChI=1S/C18H29N7O2S.HI/c1-6-14-24-21-11-25(14)10-9-20-18(19-7-2)23-13(5)16-22-12(4)15(28-16)17(26)27-8-3;/h11,13H,6-10H2,1-5H3,(H2,19,20,23);1H. The van der Waals surface area contributed by atoms with Crippen molar-refractivity contribution in [2.75, 3.05) is 19.7 Å². The van der Waals surface area contributed by atoms with Gasteiger partial charge < -0.3 is 19.9 Å². The molecule has 0 fully saturated rings. The number of halogens is 1. The Hall–Kier alpha value is -1.76. The van der Waals surface area contributed by atoms with Crippen LogP contribution in [0.5, 0.6) is 0 Å². The first-order chi connectivity index (χ1) is 13.5. The molecule has 0 saturated heterocycles. The van der Waals surface area contributed by atoms with Gasteiger partial charge in [-0.05, 0) is 27.7 Å². The highest BCUT2D eigenvalue weighted by Crippen LogP contribution is 2.24. The van der Waals surface area contributed by atoms with Crippen LogP contribution in [0.2, 0.25) is 0 Å². The average molecular weight is 535 g/mol. The molecule has 2 heterocycles. The minimum Gasteiger partial charge on any atom is -0.462 e. The molecule has 2 aromatic rings. The second-order valence-corrected chi connectivity index (χ2v) is 7.14. The molecule has 0 aliphatic rings. The van der Waals surface area contributed by atoms with Crippen LogP contribution in [0.15, 0.2) is 11.3 Å². The summed E-state index contributed by atoms with van der Waals surface area (Å²) in [6, 6.07) is -0.0919. The predicted molar refractivity (Wildman–Crippen MR) is 125 cm³/mol. The van der Waals surface area contributed by atoms with Gasteiger partial charge in [0.1, 0.15) is 22.0 Å². The number of hydrogen-bond donors (Lipinski definition) is 2. The Morgan fingerprint density at radius 3 is 2.79 bits per heavy atom. The quantitative estimate of drug-likeness (QED) is 0.220. The fourth-order valence-electron chi connectivity index (χ4n) is 2.58. The van der Waals surface area contributed by atoms with Crippen LogP contribution in [-0.4, -0.2) is 51.4 Å². The van der Waals surface area contributed by atoms with Gasteiger partial charge in [0.2, 0.25) is 0 Å². The van der Waals surface area contributed by atoms with E-state index in [0.717, 1.165) is 23.8 Å². The zero-order valence-corrected chi connectivity index (χ0v) is 20.7. The van der Waals surface area contributed by atoms with Crippen molar-refractivity contribution >= 4 is 47.2 Å². The number of nitrogens with zero attached hydrogens (tertiary/aromatic N) is 5. The number of ether oxygens (including phenoxy) is 1. The largest absolute Gasteiger partial charge is 0.462 e. The van der Waals surface area contributed by atoms with Crippen LogP contribution in [0.3, 0.4) is 0 Å². The minimum atomic E-state index is -0.322. The van der Waals surface area contributed by atoms with Gasteiger partial charge in [-0.3, -0.25) is 4.99 Å². The third kappa shape index (κ3) is 7.21. The van der Waals surface area contributed by atoms with Crippen LogP contribution < -0.4 is 10.6 Å². The van der Waals surface area contributed by atoms with Crippen molar-refractivity contribution in [1.29, 1.82) is 0 Å². The normalized spacial score (nSPS) is 12.2. The topological polar surface area (TPSA) is 106 Å². The van der Waals surface area contributed by atoms with Crippen molar-refractivity contribution in [3.63, 3.8) is 0 Å². The molecule has 0 radical (unpaired) electrons. The van der Waals surface area contributed by atoms with Gasteiger partial charge in [0.25, 0.3) is 0 Å². The molecule has 0 aromatic carbocycles. The lowest BCUT2D eigenvalue weighted by Gasteiger charge is -2.16.